The Morgan fingerprint density at radius 3 is 1.95 bits per heavy atom. The second-order valence-electron chi connectivity index (χ2n) is 4.68. The van der Waals surface area contributed by atoms with Crippen LogP contribution >= 0.6 is 15.9 Å². The van der Waals surface area contributed by atoms with Gasteiger partial charge in [-0.15, -0.1) is 0 Å². The summed E-state index contributed by atoms with van der Waals surface area (Å²) in [5.41, 5.74) is 5.25. The number of nitrogens with two attached hydrogens (primary N) is 1. The number of amides is 1. The van der Waals surface area contributed by atoms with Gasteiger partial charge in [-0.3, -0.25) is 10.2 Å². The number of hydrazine groups is 1. The van der Waals surface area contributed by atoms with Gasteiger partial charge in [0.05, 0.1) is 19.6 Å². The van der Waals surface area contributed by atoms with Crippen LogP contribution in [0.4, 0.5) is 0 Å². The van der Waals surface area contributed by atoms with Crippen molar-refractivity contribution in [2.75, 3.05) is 0 Å². The Bertz CT molecular complexity index is 582. The first-order chi connectivity index (χ1) is 10.2. The standard InChI is InChI=1S/C16H17BrN2O2/c17-15-7-5-14(6-8-15)11-21-10-13-3-1-12(2-4-13)9-16(20)19-18/h1-8H,9-11,18H2,(H,19,20). The highest BCUT2D eigenvalue weighted by Crippen LogP contribution is 2.12. The van der Waals surface area contributed by atoms with E-state index in [1.165, 1.54) is 0 Å². The molecule has 0 saturated heterocycles. The van der Waals surface area contributed by atoms with Crippen LogP contribution in [0.1, 0.15) is 16.7 Å². The van der Waals surface area contributed by atoms with Crippen molar-refractivity contribution in [3.05, 3.63) is 69.7 Å². The molecule has 0 atom stereocenters. The first kappa shape index (κ1) is 15.7. The Morgan fingerprint density at radius 2 is 1.43 bits per heavy atom. The van der Waals surface area contributed by atoms with Crippen LogP contribution in [0.15, 0.2) is 53.0 Å². The van der Waals surface area contributed by atoms with Gasteiger partial charge in [-0.25, -0.2) is 5.84 Å². The summed E-state index contributed by atoms with van der Waals surface area (Å²) in [5.74, 6) is 4.86. The maximum Gasteiger partial charge on any atom is 0.238 e. The molecule has 0 heterocycles. The molecule has 0 aliphatic heterocycles. The Hall–Kier alpha value is -1.69. The van der Waals surface area contributed by atoms with Crippen molar-refractivity contribution in [1.82, 2.24) is 5.43 Å². The molecular formula is C16H17BrN2O2. The van der Waals surface area contributed by atoms with Crippen LogP contribution in [0.25, 0.3) is 0 Å². The van der Waals surface area contributed by atoms with Crippen LogP contribution in [0.3, 0.4) is 0 Å². The largest absolute Gasteiger partial charge is 0.372 e. The van der Waals surface area contributed by atoms with Gasteiger partial charge in [0.25, 0.3) is 0 Å². The molecule has 3 N–H and O–H groups in total. The minimum atomic E-state index is -0.200. The van der Waals surface area contributed by atoms with Crippen molar-refractivity contribution in [2.24, 2.45) is 5.84 Å². The van der Waals surface area contributed by atoms with Crippen molar-refractivity contribution >= 4 is 21.8 Å². The van der Waals surface area contributed by atoms with Crippen LogP contribution < -0.4 is 11.3 Å². The lowest BCUT2D eigenvalue weighted by molar-refractivity contribution is -0.120. The Balaban J connectivity index is 1.80. The molecule has 0 aromatic heterocycles. The van der Waals surface area contributed by atoms with Crippen molar-refractivity contribution in [3.8, 4) is 0 Å². The number of carbonyl (C=O) groups is 1. The second-order valence-corrected chi connectivity index (χ2v) is 5.60. The zero-order valence-corrected chi connectivity index (χ0v) is 13.1. The summed E-state index contributed by atoms with van der Waals surface area (Å²) in [7, 11) is 0. The lowest BCUT2D eigenvalue weighted by Crippen LogP contribution is -2.31. The molecule has 0 saturated carbocycles. The number of benzene rings is 2. The van der Waals surface area contributed by atoms with Gasteiger partial charge < -0.3 is 4.74 Å². The van der Waals surface area contributed by atoms with E-state index in [1.807, 2.05) is 48.5 Å². The molecule has 21 heavy (non-hydrogen) atoms. The van der Waals surface area contributed by atoms with Crippen LogP contribution in [0.5, 0.6) is 0 Å². The molecule has 2 aromatic rings. The predicted octanol–water partition coefficient (Wildman–Crippen LogP) is 2.70. The van der Waals surface area contributed by atoms with Crippen LogP contribution in [0.2, 0.25) is 0 Å². The van der Waals surface area contributed by atoms with Gasteiger partial charge in [-0.05, 0) is 28.8 Å². The number of rotatable bonds is 6. The number of hydrogen-bond donors (Lipinski definition) is 2. The lowest BCUT2D eigenvalue weighted by atomic mass is 10.1. The van der Waals surface area contributed by atoms with Crippen molar-refractivity contribution in [3.63, 3.8) is 0 Å². The van der Waals surface area contributed by atoms with E-state index in [0.29, 0.717) is 13.2 Å². The number of halogens is 1. The first-order valence-corrected chi connectivity index (χ1v) is 7.36. The van der Waals surface area contributed by atoms with Crippen molar-refractivity contribution in [1.29, 1.82) is 0 Å². The molecule has 2 aromatic carbocycles. The topological polar surface area (TPSA) is 64.3 Å². The molecule has 4 nitrogen and oxygen atoms in total. The molecule has 0 fully saturated rings. The highest BCUT2D eigenvalue weighted by Gasteiger charge is 2.01. The first-order valence-electron chi connectivity index (χ1n) is 6.57. The number of ether oxygens (including phenoxy) is 1. The molecule has 0 radical (unpaired) electrons. The van der Waals surface area contributed by atoms with Crippen LogP contribution in [0, 0.1) is 0 Å². The summed E-state index contributed by atoms with van der Waals surface area (Å²) in [6.07, 6.45) is 0.288. The summed E-state index contributed by atoms with van der Waals surface area (Å²) >= 11 is 3.40. The normalized spacial score (nSPS) is 10.4. The molecule has 0 aliphatic rings. The summed E-state index contributed by atoms with van der Waals surface area (Å²) in [6, 6.07) is 15.8. The third-order valence-electron chi connectivity index (χ3n) is 3.00. The molecule has 0 unspecified atom stereocenters. The van der Waals surface area contributed by atoms with Gasteiger partial charge in [-0.2, -0.15) is 0 Å². The second kappa shape index (κ2) is 7.93. The Kier molecular flexibility index (Phi) is 5.92. The number of carbonyl (C=O) groups excluding carboxylic acids is 1. The quantitative estimate of drug-likeness (QED) is 0.479. The average molecular weight is 349 g/mol. The van der Waals surface area contributed by atoms with Gasteiger partial charge in [-0.1, -0.05) is 52.3 Å². The molecule has 2 rings (SSSR count). The van der Waals surface area contributed by atoms with Gasteiger partial charge in [0.2, 0.25) is 5.91 Å². The van der Waals surface area contributed by atoms with E-state index >= 15 is 0 Å². The zero-order valence-electron chi connectivity index (χ0n) is 11.5. The molecule has 110 valence electrons. The lowest BCUT2D eigenvalue weighted by Gasteiger charge is -2.06. The van der Waals surface area contributed by atoms with E-state index in [1.54, 1.807) is 0 Å². The average Bonchev–Trinajstić information content (AvgIpc) is 2.51. The highest BCUT2D eigenvalue weighted by atomic mass is 79.9. The SMILES string of the molecule is NNC(=O)Cc1ccc(COCc2ccc(Br)cc2)cc1. The molecule has 0 spiro atoms. The minimum Gasteiger partial charge on any atom is -0.372 e. The summed E-state index contributed by atoms with van der Waals surface area (Å²) < 4.78 is 6.73. The third kappa shape index (κ3) is 5.30. The van der Waals surface area contributed by atoms with Gasteiger partial charge in [0.15, 0.2) is 0 Å². The summed E-state index contributed by atoms with van der Waals surface area (Å²) in [5, 5.41) is 0. The fourth-order valence-electron chi connectivity index (χ4n) is 1.86. The third-order valence-corrected chi connectivity index (χ3v) is 3.53. The van der Waals surface area contributed by atoms with E-state index in [9.17, 15) is 4.79 Å². The minimum absolute atomic E-state index is 0.200. The van der Waals surface area contributed by atoms with E-state index in [-0.39, 0.29) is 12.3 Å². The maximum absolute atomic E-state index is 11.2. The zero-order chi connectivity index (χ0) is 15.1. The van der Waals surface area contributed by atoms with Crippen molar-refractivity contribution in [2.45, 2.75) is 19.6 Å². The van der Waals surface area contributed by atoms with E-state index in [4.69, 9.17) is 10.6 Å². The molecule has 1 amide bonds. The molecule has 0 aliphatic carbocycles. The summed E-state index contributed by atoms with van der Waals surface area (Å²) in [6.45, 7) is 1.12. The highest BCUT2D eigenvalue weighted by molar-refractivity contribution is 9.10. The van der Waals surface area contributed by atoms with E-state index in [2.05, 4.69) is 21.4 Å². The number of nitrogens with one attached hydrogen (secondary N) is 1. The summed E-state index contributed by atoms with van der Waals surface area (Å²) in [4.78, 5) is 11.2. The Morgan fingerprint density at radius 1 is 0.952 bits per heavy atom. The van der Waals surface area contributed by atoms with Crippen molar-refractivity contribution < 1.29 is 9.53 Å². The molecular weight excluding hydrogens is 332 g/mol. The fourth-order valence-corrected chi connectivity index (χ4v) is 2.12. The van der Waals surface area contributed by atoms with Crippen LogP contribution in [-0.2, 0) is 29.2 Å². The predicted molar refractivity (Wildman–Crippen MR) is 85.1 cm³/mol. The molecule has 5 heteroatoms. The maximum atomic E-state index is 11.2. The van der Waals surface area contributed by atoms with Gasteiger partial charge in [0.1, 0.15) is 0 Å². The van der Waals surface area contributed by atoms with E-state index in [0.717, 1.165) is 21.2 Å². The monoisotopic (exact) mass is 348 g/mol. The van der Waals surface area contributed by atoms with E-state index < -0.39 is 0 Å². The van der Waals surface area contributed by atoms with Gasteiger partial charge in [0, 0.05) is 4.47 Å². The van der Waals surface area contributed by atoms with Crippen LogP contribution in [-0.4, -0.2) is 5.91 Å². The number of hydrogen-bond acceptors (Lipinski definition) is 3. The smallest absolute Gasteiger partial charge is 0.238 e. The van der Waals surface area contributed by atoms with Gasteiger partial charge >= 0.3 is 0 Å². The Labute approximate surface area is 132 Å². The fraction of sp³-hybridized carbons (Fsp3) is 0.188. The molecule has 0 bridgehead atoms.